The number of amides is 1. The summed E-state index contributed by atoms with van der Waals surface area (Å²) in [5.74, 6) is -0.118. The van der Waals surface area contributed by atoms with Gasteiger partial charge in [-0.15, -0.1) is 0 Å². The molecule has 2 rings (SSSR count). The Bertz CT molecular complexity index is 452. The monoisotopic (exact) mass is 265 g/mol. The molecule has 1 aromatic rings. The third kappa shape index (κ3) is 2.56. The molecular weight excluding hydrogens is 246 g/mol. The molecule has 0 saturated heterocycles. The van der Waals surface area contributed by atoms with Crippen LogP contribution in [0.1, 0.15) is 29.6 Å². The van der Waals surface area contributed by atoms with Crippen molar-refractivity contribution in [2.45, 2.75) is 24.0 Å². The van der Waals surface area contributed by atoms with Gasteiger partial charge < -0.3 is 16.8 Å². The van der Waals surface area contributed by atoms with Gasteiger partial charge in [0, 0.05) is 22.7 Å². The molecule has 1 fully saturated rings. The number of hydrogen-bond donors (Lipinski definition) is 3. The first-order valence-corrected chi connectivity index (χ1v) is 7.27. The molecule has 0 atom stereocenters. The minimum atomic E-state index is -0.118. The number of rotatable bonds is 4. The largest absolute Gasteiger partial charge is 0.399 e. The third-order valence-corrected chi connectivity index (χ3v) is 5.01. The fourth-order valence-corrected chi connectivity index (χ4v) is 3.06. The highest BCUT2D eigenvalue weighted by Gasteiger charge is 2.36. The molecule has 0 bridgehead atoms. The van der Waals surface area contributed by atoms with E-state index in [-0.39, 0.29) is 10.7 Å². The lowest BCUT2D eigenvalue weighted by Crippen LogP contribution is -2.45. The van der Waals surface area contributed by atoms with Gasteiger partial charge >= 0.3 is 0 Å². The van der Waals surface area contributed by atoms with Crippen LogP contribution >= 0.6 is 11.8 Å². The Morgan fingerprint density at radius 3 is 2.67 bits per heavy atom. The Morgan fingerprint density at radius 1 is 1.44 bits per heavy atom. The molecule has 0 unspecified atom stereocenters. The van der Waals surface area contributed by atoms with Crippen molar-refractivity contribution < 1.29 is 4.79 Å². The van der Waals surface area contributed by atoms with Crippen LogP contribution in [0.2, 0.25) is 0 Å². The molecule has 0 aliphatic heterocycles. The predicted molar refractivity (Wildman–Crippen MR) is 77.7 cm³/mol. The Hall–Kier alpha value is -1.36. The molecule has 98 valence electrons. The van der Waals surface area contributed by atoms with E-state index in [9.17, 15) is 4.79 Å². The van der Waals surface area contributed by atoms with Gasteiger partial charge in [-0.3, -0.25) is 4.79 Å². The molecule has 0 spiro atoms. The second-order valence-corrected chi connectivity index (χ2v) is 6.04. The van der Waals surface area contributed by atoms with Gasteiger partial charge in [-0.2, -0.15) is 11.8 Å². The van der Waals surface area contributed by atoms with E-state index in [4.69, 9.17) is 11.5 Å². The van der Waals surface area contributed by atoms with Crippen LogP contribution in [0.4, 0.5) is 11.4 Å². The summed E-state index contributed by atoms with van der Waals surface area (Å²) in [6.45, 7) is 0.705. The van der Waals surface area contributed by atoms with Crippen molar-refractivity contribution in [2.75, 3.05) is 24.3 Å². The van der Waals surface area contributed by atoms with E-state index >= 15 is 0 Å². The number of anilines is 2. The molecule has 5 N–H and O–H groups in total. The van der Waals surface area contributed by atoms with E-state index < -0.39 is 0 Å². The second-order valence-electron chi connectivity index (χ2n) is 4.77. The second kappa shape index (κ2) is 5.10. The van der Waals surface area contributed by atoms with Gasteiger partial charge in [-0.1, -0.05) is 6.42 Å². The molecule has 0 heterocycles. The Labute approximate surface area is 111 Å². The molecule has 1 aliphatic carbocycles. The number of carbonyl (C=O) groups is 1. The summed E-state index contributed by atoms with van der Waals surface area (Å²) in [4.78, 5) is 12.0. The van der Waals surface area contributed by atoms with Crippen molar-refractivity contribution in [3.05, 3.63) is 23.8 Å². The molecule has 1 saturated carbocycles. The summed E-state index contributed by atoms with van der Waals surface area (Å²) in [5, 5.41) is 2.97. The van der Waals surface area contributed by atoms with E-state index in [1.807, 2.05) is 11.8 Å². The lowest BCUT2D eigenvalue weighted by atomic mass is 9.84. The van der Waals surface area contributed by atoms with Crippen molar-refractivity contribution in [3.63, 3.8) is 0 Å². The van der Waals surface area contributed by atoms with Gasteiger partial charge in [0.25, 0.3) is 5.91 Å². The quantitative estimate of drug-likeness (QED) is 0.726. The molecule has 1 aliphatic rings. The standard InChI is InChI=1S/C13H19N3OS/c1-18-13(5-2-6-13)8-16-12(17)10-4-3-9(14)7-11(10)15/h3-4,7H,2,5-6,8,14-15H2,1H3,(H,16,17). The van der Waals surface area contributed by atoms with E-state index in [0.29, 0.717) is 23.5 Å². The summed E-state index contributed by atoms with van der Waals surface area (Å²) in [7, 11) is 0. The zero-order valence-electron chi connectivity index (χ0n) is 10.5. The number of carbonyl (C=O) groups excluding carboxylic acids is 1. The van der Waals surface area contributed by atoms with E-state index in [1.165, 1.54) is 19.3 Å². The summed E-state index contributed by atoms with van der Waals surface area (Å²) in [6.07, 6.45) is 5.70. The minimum absolute atomic E-state index is 0.118. The number of benzene rings is 1. The molecule has 1 aromatic carbocycles. The van der Waals surface area contributed by atoms with Crippen LogP contribution < -0.4 is 16.8 Å². The Balaban J connectivity index is 1.99. The van der Waals surface area contributed by atoms with Crippen LogP contribution in [-0.2, 0) is 0 Å². The summed E-state index contributed by atoms with van der Waals surface area (Å²) in [6, 6.07) is 4.98. The van der Waals surface area contributed by atoms with Crippen LogP contribution in [0.5, 0.6) is 0 Å². The predicted octanol–water partition coefficient (Wildman–Crippen LogP) is 1.87. The highest BCUT2D eigenvalue weighted by atomic mass is 32.2. The fraction of sp³-hybridized carbons (Fsp3) is 0.462. The van der Waals surface area contributed by atoms with Crippen molar-refractivity contribution in [3.8, 4) is 0 Å². The van der Waals surface area contributed by atoms with Crippen molar-refractivity contribution in [1.29, 1.82) is 0 Å². The molecule has 18 heavy (non-hydrogen) atoms. The highest BCUT2D eigenvalue weighted by molar-refractivity contribution is 8.00. The first-order valence-electron chi connectivity index (χ1n) is 6.05. The summed E-state index contributed by atoms with van der Waals surface area (Å²) >= 11 is 1.84. The molecule has 0 radical (unpaired) electrons. The van der Waals surface area contributed by atoms with Gasteiger partial charge in [0.05, 0.1) is 5.56 Å². The Kier molecular flexibility index (Phi) is 3.71. The molecular formula is C13H19N3OS. The number of thioether (sulfide) groups is 1. The van der Waals surface area contributed by atoms with Gasteiger partial charge in [0.15, 0.2) is 0 Å². The zero-order chi connectivity index (χ0) is 13.2. The number of nitrogens with two attached hydrogens (primary N) is 2. The van der Waals surface area contributed by atoms with Gasteiger partial charge in [-0.25, -0.2) is 0 Å². The molecule has 5 heteroatoms. The minimum Gasteiger partial charge on any atom is -0.399 e. The van der Waals surface area contributed by atoms with Crippen LogP contribution in [0.15, 0.2) is 18.2 Å². The van der Waals surface area contributed by atoms with E-state index in [0.717, 1.165) is 0 Å². The smallest absolute Gasteiger partial charge is 0.253 e. The maximum absolute atomic E-state index is 12.0. The average molecular weight is 265 g/mol. The normalized spacial score (nSPS) is 16.9. The molecule has 4 nitrogen and oxygen atoms in total. The van der Waals surface area contributed by atoms with E-state index in [2.05, 4.69) is 11.6 Å². The Morgan fingerprint density at radius 2 is 2.17 bits per heavy atom. The zero-order valence-corrected chi connectivity index (χ0v) is 11.3. The number of nitrogen functional groups attached to an aromatic ring is 2. The molecule has 1 amide bonds. The lowest BCUT2D eigenvalue weighted by molar-refractivity contribution is 0.0945. The third-order valence-electron chi connectivity index (χ3n) is 3.59. The number of hydrogen-bond acceptors (Lipinski definition) is 4. The van der Waals surface area contributed by atoms with Crippen LogP contribution in [0.25, 0.3) is 0 Å². The number of nitrogens with one attached hydrogen (secondary N) is 1. The van der Waals surface area contributed by atoms with Crippen molar-refractivity contribution >= 4 is 29.0 Å². The summed E-state index contributed by atoms with van der Waals surface area (Å²) in [5.41, 5.74) is 12.9. The highest BCUT2D eigenvalue weighted by Crippen LogP contribution is 2.42. The SMILES string of the molecule is CSC1(CNC(=O)c2ccc(N)cc2N)CCC1. The van der Waals surface area contributed by atoms with Crippen LogP contribution in [-0.4, -0.2) is 23.5 Å². The van der Waals surface area contributed by atoms with Gasteiger partial charge in [-0.05, 0) is 37.3 Å². The average Bonchev–Trinajstić information content (AvgIpc) is 2.27. The van der Waals surface area contributed by atoms with Crippen LogP contribution in [0.3, 0.4) is 0 Å². The fourth-order valence-electron chi connectivity index (χ4n) is 2.15. The van der Waals surface area contributed by atoms with Crippen molar-refractivity contribution in [2.24, 2.45) is 0 Å². The van der Waals surface area contributed by atoms with Crippen LogP contribution in [0, 0.1) is 0 Å². The lowest BCUT2D eigenvalue weighted by Gasteiger charge is -2.40. The van der Waals surface area contributed by atoms with Gasteiger partial charge in [0.2, 0.25) is 0 Å². The topological polar surface area (TPSA) is 81.1 Å². The van der Waals surface area contributed by atoms with E-state index in [1.54, 1.807) is 18.2 Å². The molecule has 0 aromatic heterocycles. The van der Waals surface area contributed by atoms with Gasteiger partial charge in [0.1, 0.15) is 0 Å². The maximum atomic E-state index is 12.0. The first-order chi connectivity index (χ1) is 8.56. The van der Waals surface area contributed by atoms with Crippen molar-refractivity contribution in [1.82, 2.24) is 5.32 Å². The summed E-state index contributed by atoms with van der Waals surface area (Å²) < 4.78 is 0.234. The maximum Gasteiger partial charge on any atom is 0.253 e. The first kappa shape index (κ1) is 13.1.